The molecule has 5 nitrogen and oxygen atoms in total. The largest absolute Gasteiger partial charge is 0.369 e. The van der Waals surface area contributed by atoms with Gasteiger partial charge in [-0.2, -0.15) is 0 Å². The van der Waals surface area contributed by atoms with E-state index in [0.717, 1.165) is 23.3 Å². The summed E-state index contributed by atoms with van der Waals surface area (Å²) in [6.45, 7) is 0.593. The van der Waals surface area contributed by atoms with Crippen LogP contribution in [0.1, 0.15) is 21.5 Å². The van der Waals surface area contributed by atoms with Crippen LogP contribution < -0.4 is 10.6 Å². The number of benzene rings is 2. The van der Waals surface area contributed by atoms with Gasteiger partial charge in [0, 0.05) is 31.0 Å². The number of anilines is 1. The van der Waals surface area contributed by atoms with Gasteiger partial charge in [-0.05, 0) is 53.9 Å². The fraction of sp³-hybridized carbons (Fsp3) is 0.115. The van der Waals surface area contributed by atoms with Crippen molar-refractivity contribution < 1.29 is 13.6 Å². The molecule has 0 aliphatic heterocycles. The number of amides is 1. The molecule has 0 saturated carbocycles. The fourth-order valence-electron chi connectivity index (χ4n) is 3.38. The Balaban J connectivity index is 1.54. The van der Waals surface area contributed by atoms with Crippen molar-refractivity contribution in [3.63, 3.8) is 0 Å². The van der Waals surface area contributed by atoms with Crippen molar-refractivity contribution in [1.82, 2.24) is 15.3 Å². The Kier molecular flexibility index (Phi) is 6.99. The van der Waals surface area contributed by atoms with Crippen LogP contribution >= 0.6 is 0 Å². The van der Waals surface area contributed by atoms with E-state index in [-0.39, 0.29) is 24.4 Å². The van der Waals surface area contributed by atoms with Crippen LogP contribution in [-0.4, -0.2) is 22.4 Å². The SMILES string of the molecule is O=C(NCc1cccnc1)c1ccc(-c2ccccc2)nc1NCCc1cc(F)ccc1F. The predicted molar refractivity (Wildman–Crippen MR) is 124 cm³/mol. The summed E-state index contributed by atoms with van der Waals surface area (Å²) in [7, 11) is 0. The number of aromatic nitrogens is 2. The van der Waals surface area contributed by atoms with E-state index >= 15 is 0 Å². The van der Waals surface area contributed by atoms with Crippen molar-refractivity contribution in [3.05, 3.63) is 114 Å². The Labute approximate surface area is 190 Å². The van der Waals surface area contributed by atoms with E-state index in [4.69, 9.17) is 0 Å². The summed E-state index contributed by atoms with van der Waals surface area (Å²) in [5.41, 5.74) is 3.08. The molecule has 4 aromatic rings. The van der Waals surface area contributed by atoms with Crippen LogP contribution in [0.25, 0.3) is 11.3 Å². The molecule has 4 rings (SSSR count). The van der Waals surface area contributed by atoms with E-state index in [1.54, 1.807) is 30.6 Å². The number of halogens is 2. The average molecular weight is 444 g/mol. The highest BCUT2D eigenvalue weighted by Crippen LogP contribution is 2.22. The third kappa shape index (κ3) is 5.77. The molecule has 0 unspecified atom stereocenters. The van der Waals surface area contributed by atoms with Gasteiger partial charge in [-0.15, -0.1) is 0 Å². The van der Waals surface area contributed by atoms with E-state index in [0.29, 0.717) is 23.6 Å². The number of carbonyl (C=O) groups excluding carboxylic acids is 1. The third-order valence-corrected chi connectivity index (χ3v) is 5.08. The van der Waals surface area contributed by atoms with Crippen molar-refractivity contribution in [1.29, 1.82) is 0 Å². The Morgan fingerprint density at radius 1 is 0.939 bits per heavy atom. The first-order chi connectivity index (χ1) is 16.1. The van der Waals surface area contributed by atoms with Crippen LogP contribution in [-0.2, 0) is 13.0 Å². The molecule has 7 heteroatoms. The number of hydrogen-bond acceptors (Lipinski definition) is 4. The Morgan fingerprint density at radius 3 is 2.58 bits per heavy atom. The molecule has 0 radical (unpaired) electrons. The number of carbonyl (C=O) groups is 1. The monoisotopic (exact) mass is 444 g/mol. The number of nitrogens with zero attached hydrogens (tertiary/aromatic N) is 2. The Morgan fingerprint density at radius 2 is 1.79 bits per heavy atom. The molecule has 0 saturated heterocycles. The van der Waals surface area contributed by atoms with Gasteiger partial charge in [0.25, 0.3) is 5.91 Å². The first-order valence-electron chi connectivity index (χ1n) is 10.5. The average Bonchev–Trinajstić information content (AvgIpc) is 2.86. The summed E-state index contributed by atoms with van der Waals surface area (Å²) >= 11 is 0. The smallest absolute Gasteiger partial charge is 0.255 e. The number of rotatable bonds is 8. The standard InChI is InChI=1S/C26H22F2N4O/c27-21-8-10-23(28)20(15-21)12-14-30-25-22(26(33)31-17-18-5-4-13-29-16-18)9-11-24(32-25)19-6-2-1-3-7-19/h1-11,13,15-16H,12,14,17H2,(H,30,32)(H,31,33). The molecular formula is C26H22F2N4O. The van der Waals surface area contributed by atoms with Gasteiger partial charge in [-0.3, -0.25) is 9.78 Å². The second-order valence-electron chi connectivity index (χ2n) is 7.42. The zero-order valence-electron chi connectivity index (χ0n) is 17.8. The summed E-state index contributed by atoms with van der Waals surface area (Å²) in [4.78, 5) is 21.6. The van der Waals surface area contributed by atoms with Crippen molar-refractivity contribution in [2.45, 2.75) is 13.0 Å². The summed E-state index contributed by atoms with van der Waals surface area (Å²) < 4.78 is 27.4. The second kappa shape index (κ2) is 10.5. The van der Waals surface area contributed by atoms with E-state index in [2.05, 4.69) is 20.6 Å². The number of pyridine rings is 2. The van der Waals surface area contributed by atoms with Gasteiger partial charge in [0.15, 0.2) is 0 Å². The molecule has 0 fully saturated rings. The lowest BCUT2D eigenvalue weighted by atomic mass is 10.1. The zero-order chi connectivity index (χ0) is 23.0. The van der Waals surface area contributed by atoms with Crippen LogP contribution in [0.4, 0.5) is 14.6 Å². The Hall–Kier alpha value is -4.13. The van der Waals surface area contributed by atoms with Gasteiger partial charge in [0.1, 0.15) is 17.5 Å². The lowest BCUT2D eigenvalue weighted by molar-refractivity contribution is 0.0951. The quantitative estimate of drug-likeness (QED) is 0.401. The minimum absolute atomic E-state index is 0.234. The highest BCUT2D eigenvalue weighted by Gasteiger charge is 2.15. The topological polar surface area (TPSA) is 66.9 Å². The third-order valence-electron chi connectivity index (χ3n) is 5.08. The van der Waals surface area contributed by atoms with E-state index < -0.39 is 11.6 Å². The molecule has 0 aliphatic carbocycles. The predicted octanol–water partition coefficient (Wildman–Crippen LogP) is 5.01. The Bertz CT molecular complexity index is 1230. The van der Waals surface area contributed by atoms with Crippen LogP contribution in [0.15, 0.2) is 85.2 Å². The summed E-state index contributed by atoms with van der Waals surface area (Å²) in [5, 5.41) is 6.00. The van der Waals surface area contributed by atoms with Crippen LogP contribution in [0.2, 0.25) is 0 Å². The molecular weight excluding hydrogens is 422 g/mol. The fourth-order valence-corrected chi connectivity index (χ4v) is 3.38. The molecule has 166 valence electrons. The first-order valence-corrected chi connectivity index (χ1v) is 10.5. The maximum atomic E-state index is 14.0. The maximum absolute atomic E-state index is 14.0. The minimum Gasteiger partial charge on any atom is -0.369 e. The first kappa shape index (κ1) is 22.1. The van der Waals surface area contributed by atoms with Gasteiger partial charge in [0.2, 0.25) is 0 Å². The van der Waals surface area contributed by atoms with E-state index in [9.17, 15) is 13.6 Å². The molecule has 1 amide bonds. The number of nitrogens with one attached hydrogen (secondary N) is 2. The number of hydrogen-bond donors (Lipinski definition) is 2. The van der Waals surface area contributed by atoms with Crippen molar-refractivity contribution in [2.24, 2.45) is 0 Å². The summed E-state index contributed by atoms with van der Waals surface area (Å²) in [6.07, 6.45) is 3.59. The van der Waals surface area contributed by atoms with Crippen molar-refractivity contribution in [3.8, 4) is 11.3 Å². The summed E-state index contributed by atoms with van der Waals surface area (Å²) in [6, 6.07) is 20.1. The molecule has 2 aromatic carbocycles. The second-order valence-corrected chi connectivity index (χ2v) is 7.42. The highest BCUT2D eigenvalue weighted by atomic mass is 19.1. The van der Waals surface area contributed by atoms with E-state index in [1.807, 2.05) is 36.4 Å². The molecule has 2 aromatic heterocycles. The normalized spacial score (nSPS) is 10.6. The van der Waals surface area contributed by atoms with Gasteiger partial charge >= 0.3 is 0 Å². The maximum Gasteiger partial charge on any atom is 0.255 e. The highest BCUT2D eigenvalue weighted by molar-refractivity contribution is 5.99. The molecule has 0 atom stereocenters. The lowest BCUT2D eigenvalue weighted by Gasteiger charge is -2.14. The van der Waals surface area contributed by atoms with Gasteiger partial charge in [-0.1, -0.05) is 36.4 Å². The van der Waals surface area contributed by atoms with Gasteiger partial charge in [-0.25, -0.2) is 13.8 Å². The van der Waals surface area contributed by atoms with Crippen molar-refractivity contribution in [2.75, 3.05) is 11.9 Å². The minimum atomic E-state index is -0.494. The lowest BCUT2D eigenvalue weighted by Crippen LogP contribution is -2.25. The zero-order valence-corrected chi connectivity index (χ0v) is 17.8. The summed E-state index contributed by atoms with van der Waals surface area (Å²) in [5.74, 6) is -0.896. The molecule has 2 N–H and O–H groups in total. The van der Waals surface area contributed by atoms with Crippen molar-refractivity contribution >= 4 is 11.7 Å². The molecule has 2 heterocycles. The van der Waals surface area contributed by atoms with Crippen LogP contribution in [0.3, 0.4) is 0 Å². The molecule has 0 aliphatic rings. The van der Waals surface area contributed by atoms with Crippen LogP contribution in [0.5, 0.6) is 0 Å². The van der Waals surface area contributed by atoms with Gasteiger partial charge in [0.05, 0.1) is 11.3 Å². The molecule has 0 bridgehead atoms. The van der Waals surface area contributed by atoms with Gasteiger partial charge < -0.3 is 10.6 Å². The van der Waals surface area contributed by atoms with E-state index in [1.165, 1.54) is 6.07 Å². The molecule has 0 spiro atoms. The molecule has 33 heavy (non-hydrogen) atoms. The van der Waals surface area contributed by atoms with Crippen LogP contribution in [0, 0.1) is 11.6 Å².